The number of carbonyl (C=O) groups excluding carboxylic acids is 1. The molecular weight excluding hydrogens is 372 g/mol. The smallest absolute Gasteiger partial charge is 0.246 e. The van der Waals surface area contributed by atoms with Crippen molar-refractivity contribution >= 4 is 27.3 Å². The minimum absolute atomic E-state index is 0.0162. The summed E-state index contributed by atoms with van der Waals surface area (Å²) in [7, 11) is -1.87. The van der Waals surface area contributed by atoms with Gasteiger partial charge in [0.1, 0.15) is 11.4 Å². The zero-order chi connectivity index (χ0) is 19.5. The van der Waals surface area contributed by atoms with E-state index in [1.807, 2.05) is 17.5 Å². The highest BCUT2D eigenvalue weighted by molar-refractivity contribution is 7.89. The molecule has 0 atom stereocenters. The van der Waals surface area contributed by atoms with Crippen LogP contribution in [0.15, 0.2) is 22.4 Å². The fourth-order valence-corrected chi connectivity index (χ4v) is 5.46. The summed E-state index contributed by atoms with van der Waals surface area (Å²) in [5, 5.41) is 6.28. The highest BCUT2D eigenvalue weighted by Gasteiger charge is 2.29. The number of thiophene rings is 1. The summed E-state index contributed by atoms with van der Waals surface area (Å²) in [6.07, 6.45) is 0. The van der Waals surface area contributed by atoms with Crippen molar-refractivity contribution in [2.45, 2.75) is 45.7 Å². The van der Waals surface area contributed by atoms with Gasteiger partial charge in [-0.3, -0.25) is 9.48 Å². The Morgan fingerprint density at radius 1 is 1.27 bits per heavy atom. The van der Waals surface area contributed by atoms with Crippen LogP contribution in [0, 0.1) is 13.8 Å². The van der Waals surface area contributed by atoms with Crippen LogP contribution < -0.4 is 0 Å². The average molecular weight is 399 g/mol. The van der Waals surface area contributed by atoms with E-state index in [4.69, 9.17) is 0 Å². The van der Waals surface area contributed by atoms with E-state index in [-0.39, 0.29) is 17.3 Å². The molecule has 0 unspecified atom stereocenters. The number of nitrogens with zero attached hydrogens (tertiary/aromatic N) is 4. The number of hydrogen-bond donors (Lipinski definition) is 0. The quantitative estimate of drug-likeness (QED) is 0.683. The SMILES string of the molecule is CCN(CC)S(=O)(=O)c1c(C)nn(CC(=O)N(C)Cc2cccs2)c1C. The first-order valence-electron chi connectivity index (χ1n) is 8.52. The van der Waals surface area contributed by atoms with Crippen LogP contribution in [0.5, 0.6) is 0 Å². The monoisotopic (exact) mass is 398 g/mol. The minimum atomic E-state index is -3.61. The molecule has 26 heavy (non-hydrogen) atoms. The van der Waals surface area contributed by atoms with Crippen LogP contribution in [0.25, 0.3) is 0 Å². The molecule has 0 saturated heterocycles. The van der Waals surface area contributed by atoms with E-state index in [1.165, 1.54) is 8.99 Å². The van der Waals surface area contributed by atoms with Crippen molar-refractivity contribution in [1.82, 2.24) is 19.0 Å². The van der Waals surface area contributed by atoms with Gasteiger partial charge in [-0.25, -0.2) is 8.42 Å². The summed E-state index contributed by atoms with van der Waals surface area (Å²) < 4.78 is 28.6. The zero-order valence-electron chi connectivity index (χ0n) is 15.9. The molecule has 0 spiro atoms. The minimum Gasteiger partial charge on any atom is -0.339 e. The molecule has 0 bridgehead atoms. The standard InChI is InChI=1S/C17H26N4O3S2/c1-6-20(7-2)26(23,24)17-13(3)18-21(14(17)4)12-16(22)19(5)11-15-9-8-10-25-15/h8-10H,6-7,11-12H2,1-5H3. The molecule has 0 aliphatic rings. The second-order valence-electron chi connectivity index (χ2n) is 6.08. The van der Waals surface area contributed by atoms with E-state index in [1.54, 1.807) is 51.0 Å². The summed E-state index contributed by atoms with van der Waals surface area (Å²) in [6.45, 7) is 8.31. The third-order valence-electron chi connectivity index (χ3n) is 4.30. The van der Waals surface area contributed by atoms with Crippen molar-refractivity contribution in [1.29, 1.82) is 0 Å². The maximum Gasteiger partial charge on any atom is 0.246 e. The maximum atomic E-state index is 12.9. The molecule has 0 radical (unpaired) electrons. The predicted molar refractivity (Wildman–Crippen MR) is 103 cm³/mol. The van der Waals surface area contributed by atoms with Crippen LogP contribution in [0.2, 0.25) is 0 Å². The Hall–Kier alpha value is -1.71. The first kappa shape index (κ1) is 20.6. The molecule has 0 fully saturated rings. The fraction of sp³-hybridized carbons (Fsp3) is 0.529. The van der Waals surface area contributed by atoms with Crippen molar-refractivity contribution in [2.75, 3.05) is 20.1 Å². The summed E-state index contributed by atoms with van der Waals surface area (Å²) in [6, 6.07) is 3.93. The molecule has 2 aromatic heterocycles. The third kappa shape index (κ3) is 4.16. The van der Waals surface area contributed by atoms with E-state index >= 15 is 0 Å². The normalized spacial score (nSPS) is 11.9. The lowest BCUT2D eigenvalue weighted by Gasteiger charge is -2.19. The Kier molecular flexibility index (Phi) is 6.59. The van der Waals surface area contributed by atoms with Crippen LogP contribution in [-0.2, 0) is 27.9 Å². The van der Waals surface area contributed by atoms with E-state index in [0.717, 1.165) is 4.88 Å². The summed E-state index contributed by atoms with van der Waals surface area (Å²) >= 11 is 1.60. The number of amides is 1. The molecule has 0 aromatic carbocycles. The number of aromatic nitrogens is 2. The molecule has 9 heteroatoms. The van der Waals surface area contributed by atoms with Crippen molar-refractivity contribution in [3.05, 3.63) is 33.8 Å². The molecule has 2 rings (SSSR count). The van der Waals surface area contributed by atoms with E-state index in [9.17, 15) is 13.2 Å². The summed E-state index contributed by atoms with van der Waals surface area (Å²) in [5.74, 6) is -0.115. The Morgan fingerprint density at radius 2 is 1.92 bits per heavy atom. The first-order valence-corrected chi connectivity index (χ1v) is 10.8. The Balaban J connectivity index is 2.23. The molecule has 0 N–H and O–H groups in total. The number of rotatable bonds is 8. The molecule has 144 valence electrons. The Morgan fingerprint density at radius 3 is 2.46 bits per heavy atom. The van der Waals surface area contributed by atoms with Crippen molar-refractivity contribution in [3.8, 4) is 0 Å². The molecule has 1 amide bonds. The fourth-order valence-electron chi connectivity index (χ4n) is 2.87. The van der Waals surface area contributed by atoms with Gasteiger partial charge in [0.15, 0.2) is 0 Å². The molecule has 2 heterocycles. The number of hydrogen-bond acceptors (Lipinski definition) is 5. The lowest BCUT2D eigenvalue weighted by Crippen LogP contribution is -2.32. The van der Waals surface area contributed by atoms with Crippen LogP contribution in [0.4, 0.5) is 0 Å². The first-order chi connectivity index (χ1) is 12.2. The van der Waals surface area contributed by atoms with Gasteiger partial charge in [-0.1, -0.05) is 19.9 Å². The lowest BCUT2D eigenvalue weighted by atomic mass is 10.4. The lowest BCUT2D eigenvalue weighted by molar-refractivity contribution is -0.131. The van der Waals surface area contributed by atoms with Crippen LogP contribution in [0.1, 0.15) is 30.1 Å². The zero-order valence-corrected chi connectivity index (χ0v) is 17.5. The van der Waals surface area contributed by atoms with Gasteiger partial charge >= 0.3 is 0 Å². The summed E-state index contributed by atoms with van der Waals surface area (Å²) in [5.41, 5.74) is 0.912. The van der Waals surface area contributed by atoms with Crippen LogP contribution >= 0.6 is 11.3 Å². The van der Waals surface area contributed by atoms with Crippen molar-refractivity contribution in [3.63, 3.8) is 0 Å². The molecule has 7 nitrogen and oxygen atoms in total. The van der Waals surface area contributed by atoms with Gasteiger partial charge in [0, 0.05) is 25.0 Å². The largest absolute Gasteiger partial charge is 0.339 e. The molecule has 0 aliphatic heterocycles. The highest BCUT2D eigenvalue weighted by Crippen LogP contribution is 2.23. The van der Waals surface area contributed by atoms with E-state index in [2.05, 4.69) is 5.10 Å². The number of carbonyl (C=O) groups is 1. The number of aryl methyl sites for hydroxylation is 1. The number of likely N-dealkylation sites (N-methyl/N-ethyl adjacent to an activating group) is 1. The third-order valence-corrected chi connectivity index (χ3v) is 7.47. The molecule has 2 aromatic rings. The van der Waals surface area contributed by atoms with Gasteiger partial charge < -0.3 is 4.90 Å². The molecular formula is C17H26N4O3S2. The van der Waals surface area contributed by atoms with Gasteiger partial charge in [0.05, 0.1) is 17.9 Å². The second-order valence-corrected chi connectivity index (χ2v) is 8.98. The number of sulfonamides is 1. The van der Waals surface area contributed by atoms with Gasteiger partial charge in [-0.2, -0.15) is 9.40 Å². The van der Waals surface area contributed by atoms with Crippen molar-refractivity contribution in [2.24, 2.45) is 0 Å². The van der Waals surface area contributed by atoms with Gasteiger partial charge in [-0.05, 0) is 25.3 Å². The highest BCUT2D eigenvalue weighted by atomic mass is 32.2. The Labute approximate surface area is 159 Å². The van der Waals surface area contributed by atoms with E-state index < -0.39 is 10.0 Å². The molecule has 0 saturated carbocycles. The molecule has 0 aliphatic carbocycles. The topological polar surface area (TPSA) is 75.5 Å². The van der Waals surface area contributed by atoms with Gasteiger partial charge in [0.2, 0.25) is 15.9 Å². The van der Waals surface area contributed by atoms with E-state index in [0.29, 0.717) is 31.0 Å². The summed E-state index contributed by atoms with van der Waals surface area (Å²) in [4.78, 5) is 15.4. The van der Waals surface area contributed by atoms with Crippen LogP contribution in [-0.4, -0.2) is 53.4 Å². The average Bonchev–Trinajstić information content (AvgIpc) is 3.16. The van der Waals surface area contributed by atoms with Crippen molar-refractivity contribution < 1.29 is 13.2 Å². The predicted octanol–water partition coefficient (Wildman–Crippen LogP) is 2.25. The second kappa shape index (κ2) is 8.32. The maximum absolute atomic E-state index is 12.9. The van der Waals surface area contributed by atoms with Crippen LogP contribution in [0.3, 0.4) is 0 Å². The Bertz CT molecular complexity index is 853. The van der Waals surface area contributed by atoms with Gasteiger partial charge in [0.25, 0.3) is 0 Å². The van der Waals surface area contributed by atoms with Gasteiger partial charge in [-0.15, -0.1) is 11.3 Å².